The molecule has 6 nitrogen and oxygen atoms in total. The van der Waals surface area contributed by atoms with Crippen LogP contribution in [0, 0.1) is 0 Å². The van der Waals surface area contributed by atoms with Crippen LogP contribution in [0.25, 0.3) is 0 Å². The summed E-state index contributed by atoms with van der Waals surface area (Å²) in [6, 6.07) is 7.69. The number of hydrogen-bond donors (Lipinski definition) is 2. The van der Waals surface area contributed by atoms with E-state index in [-0.39, 0.29) is 18.8 Å². The monoisotopic (exact) mass is 281 g/mol. The Labute approximate surface area is 117 Å². The average molecular weight is 281 g/mol. The van der Waals surface area contributed by atoms with Gasteiger partial charge < -0.3 is 24.6 Å². The van der Waals surface area contributed by atoms with E-state index >= 15 is 0 Å². The van der Waals surface area contributed by atoms with Crippen LogP contribution in [-0.2, 0) is 9.47 Å². The summed E-state index contributed by atoms with van der Waals surface area (Å²) in [6.45, 7) is 1.23. The van der Waals surface area contributed by atoms with E-state index in [1.165, 1.54) is 0 Å². The van der Waals surface area contributed by atoms with Crippen molar-refractivity contribution in [2.24, 2.45) is 0 Å². The van der Waals surface area contributed by atoms with Gasteiger partial charge in [-0.15, -0.1) is 0 Å². The summed E-state index contributed by atoms with van der Waals surface area (Å²) in [5.74, 6) is 1.01. The predicted molar refractivity (Wildman–Crippen MR) is 72.1 cm³/mol. The van der Waals surface area contributed by atoms with Gasteiger partial charge in [-0.1, -0.05) is 12.1 Å². The molecule has 0 aliphatic heterocycles. The molecule has 6 heteroatoms. The molecule has 2 atom stereocenters. The quantitative estimate of drug-likeness (QED) is 0.561. The second-order valence-electron chi connectivity index (χ2n) is 4.63. The molecule has 1 amide bonds. The molecule has 0 heterocycles. The molecule has 2 rings (SSSR count). The van der Waals surface area contributed by atoms with E-state index in [4.69, 9.17) is 19.3 Å². The van der Waals surface area contributed by atoms with Gasteiger partial charge in [0.15, 0.2) is 6.79 Å². The van der Waals surface area contributed by atoms with Gasteiger partial charge in [-0.25, -0.2) is 4.79 Å². The van der Waals surface area contributed by atoms with Crippen LogP contribution in [0.1, 0.15) is 17.9 Å². The van der Waals surface area contributed by atoms with Crippen LogP contribution in [0.2, 0.25) is 0 Å². The standard InChI is InChI=1S/C14H19NO5/c1-18-6-7-19-9-20-11-4-2-10(3-5-11)12-8-13(12)15-14(16)17/h2-5,12-13,15H,6-9H2,1H3,(H,16,17). The third-order valence-electron chi connectivity index (χ3n) is 3.15. The summed E-state index contributed by atoms with van der Waals surface area (Å²) < 4.78 is 15.5. The van der Waals surface area contributed by atoms with Crippen LogP contribution in [0.3, 0.4) is 0 Å². The van der Waals surface area contributed by atoms with Gasteiger partial charge in [0.1, 0.15) is 5.75 Å². The first-order valence-electron chi connectivity index (χ1n) is 6.49. The van der Waals surface area contributed by atoms with Crippen LogP contribution >= 0.6 is 0 Å². The van der Waals surface area contributed by atoms with E-state index in [0.717, 1.165) is 17.7 Å². The van der Waals surface area contributed by atoms with Crippen molar-refractivity contribution in [3.05, 3.63) is 29.8 Å². The second-order valence-corrected chi connectivity index (χ2v) is 4.63. The number of hydrogen-bond acceptors (Lipinski definition) is 4. The Bertz CT molecular complexity index is 434. The molecule has 2 unspecified atom stereocenters. The van der Waals surface area contributed by atoms with Gasteiger partial charge in [0.05, 0.1) is 13.2 Å². The Morgan fingerprint density at radius 3 is 2.75 bits per heavy atom. The number of carbonyl (C=O) groups is 1. The summed E-state index contributed by atoms with van der Waals surface area (Å²) in [7, 11) is 1.62. The fourth-order valence-corrected chi connectivity index (χ4v) is 2.00. The molecule has 1 aliphatic carbocycles. The van der Waals surface area contributed by atoms with E-state index < -0.39 is 6.09 Å². The molecule has 1 aliphatic rings. The van der Waals surface area contributed by atoms with Crippen molar-refractivity contribution in [2.75, 3.05) is 27.1 Å². The molecule has 1 aromatic rings. The average Bonchev–Trinajstić information content (AvgIpc) is 3.17. The zero-order valence-corrected chi connectivity index (χ0v) is 11.4. The Kier molecular flexibility index (Phi) is 5.20. The Hall–Kier alpha value is -1.79. The van der Waals surface area contributed by atoms with Gasteiger partial charge in [-0.3, -0.25) is 0 Å². The third-order valence-corrected chi connectivity index (χ3v) is 3.15. The smallest absolute Gasteiger partial charge is 0.404 e. The fraction of sp³-hybridized carbons (Fsp3) is 0.500. The molecule has 1 saturated carbocycles. The van der Waals surface area contributed by atoms with Gasteiger partial charge in [-0.2, -0.15) is 0 Å². The molecule has 0 spiro atoms. The highest BCUT2D eigenvalue weighted by atomic mass is 16.7. The molecule has 110 valence electrons. The lowest BCUT2D eigenvalue weighted by Gasteiger charge is -2.08. The number of benzene rings is 1. The van der Waals surface area contributed by atoms with Crippen LogP contribution < -0.4 is 10.1 Å². The first-order valence-corrected chi connectivity index (χ1v) is 6.49. The lowest BCUT2D eigenvalue weighted by Crippen LogP contribution is -2.24. The number of methoxy groups -OCH3 is 1. The molecule has 0 radical (unpaired) electrons. The summed E-state index contributed by atoms with van der Waals surface area (Å²) >= 11 is 0. The summed E-state index contributed by atoms with van der Waals surface area (Å²) in [6.07, 6.45) is -0.113. The summed E-state index contributed by atoms with van der Waals surface area (Å²) in [5.41, 5.74) is 1.12. The lowest BCUT2D eigenvalue weighted by molar-refractivity contribution is -0.00847. The number of nitrogens with one attached hydrogen (secondary N) is 1. The Morgan fingerprint density at radius 1 is 1.35 bits per heavy atom. The molecule has 1 fully saturated rings. The van der Waals surface area contributed by atoms with Crippen molar-refractivity contribution < 1.29 is 24.1 Å². The van der Waals surface area contributed by atoms with Crippen molar-refractivity contribution in [1.82, 2.24) is 5.32 Å². The minimum Gasteiger partial charge on any atom is -0.468 e. The van der Waals surface area contributed by atoms with Crippen LogP contribution in [0.15, 0.2) is 24.3 Å². The second kappa shape index (κ2) is 7.12. The van der Waals surface area contributed by atoms with E-state index in [1.54, 1.807) is 7.11 Å². The number of rotatable bonds is 8. The lowest BCUT2D eigenvalue weighted by atomic mass is 10.1. The van der Waals surface area contributed by atoms with Crippen molar-refractivity contribution in [1.29, 1.82) is 0 Å². The van der Waals surface area contributed by atoms with E-state index in [9.17, 15) is 4.79 Å². The molecule has 0 saturated heterocycles. The molecule has 20 heavy (non-hydrogen) atoms. The summed E-state index contributed by atoms with van der Waals surface area (Å²) in [5, 5.41) is 11.1. The van der Waals surface area contributed by atoms with Crippen molar-refractivity contribution >= 4 is 6.09 Å². The van der Waals surface area contributed by atoms with Gasteiger partial charge in [-0.05, 0) is 24.1 Å². The largest absolute Gasteiger partial charge is 0.468 e. The fourth-order valence-electron chi connectivity index (χ4n) is 2.00. The van der Waals surface area contributed by atoms with E-state index in [0.29, 0.717) is 13.2 Å². The van der Waals surface area contributed by atoms with Gasteiger partial charge in [0, 0.05) is 19.1 Å². The molecular weight excluding hydrogens is 262 g/mol. The van der Waals surface area contributed by atoms with Crippen molar-refractivity contribution in [3.63, 3.8) is 0 Å². The molecule has 1 aromatic carbocycles. The van der Waals surface area contributed by atoms with Crippen LogP contribution in [-0.4, -0.2) is 44.4 Å². The zero-order chi connectivity index (χ0) is 14.4. The third kappa shape index (κ3) is 4.40. The Morgan fingerprint density at radius 2 is 2.10 bits per heavy atom. The zero-order valence-electron chi connectivity index (χ0n) is 11.4. The Balaban J connectivity index is 1.72. The SMILES string of the molecule is COCCOCOc1ccc(C2CC2NC(=O)O)cc1. The van der Waals surface area contributed by atoms with Gasteiger partial charge in [0.25, 0.3) is 0 Å². The van der Waals surface area contributed by atoms with Crippen molar-refractivity contribution in [2.45, 2.75) is 18.4 Å². The van der Waals surface area contributed by atoms with Gasteiger partial charge in [0.2, 0.25) is 0 Å². The number of ether oxygens (including phenoxy) is 3. The topological polar surface area (TPSA) is 77.0 Å². The highest BCUT2D eigenvalue weighted by Gasteiger charge is 2.39. The van der Waals surface area contributed by atoms with Crippen molar-refractivity contribution in [3.8, 4) is 5.75 Å². The maximum atomic E-state index is 10.5. The van der Waals surface area contributed by atoms with Gasteiger partial charge >= 0.3 is 6.09 Å². The minimum absolute atomic E-state index is 0.0386. The number of carboxylic acid groups (broad SMARTS) is 1. The van der Waals surface area contributed by atoms with Crippen LogP contribution in [0.4, 0.5) is 4.79 Å². The maximum Gasteiger partial charge on any atom is 0.404 e. The molecule has 0 aromatic heterocycles. The van der Waals surface area contributed by atoms with Crippen LogP contribution in [0.5, 0.6) is 5.75 Å². The molecule has 2 N–H and O–H groups in total. The van der Waals surface area contributed by atoms with E-state index in [1.807, 2.05) is 24.3 Å². The molecular formula is C14H19NO5. The minimum atomic E-state index is -0.967. The first kappa shape index (κ1) is 14.6. The summed E-state index contributed by atoms with van der Waals surface area (Å²) in [4.78, 5) is 10.5. The predicted octanol–water partition coefficient (Wildman–Crippen LogP) is 1.81. The highest BCUT2D eigenvalue weighted by Crippen LogP contribution is 2.41. The highest BCUT2D eigenvalue weighted by molar-refractivity contribution is 5.65. The molecule has 0 bridgehead atoms. The normalized spacial score (nSPS) is 20.4. The first-order chi connectivity index (χ1) is 9.70. The maximum absolute atomic E-state index is 10.5. The number of amides is 1. The van der Waals surface area contributed by atoms with E-state index in [2.05, 4.69) is 5.32 Å².